The van der Waals surface area contributed by atoms with E-state index in [1.807, 2.05) is 0 Å². The Hall–Kier alpha value is -1.89. The molecule has 0 aromatic carbocycles. The molecule has 18 heavy (non-hydrogen) atoms. The highest BCUT2D eigenvalue weighted by Crippen LogP contribution is 2.42. The number of amides is 2. The highest BCUT2D eigenvalue weighted by Gasteiger charge is 2.70. The largest absolute Gasteiger partial charge is 0.298 e. The van der Waals surface area contributed by atoms with Gasteiger partial charge in [-0.2, -0.15) is 4.99 Å². The minimum atomic E-state index is -1.86. The molecule has 0 bridgehead atoms. The van der Waals surface area contributed by atoms with Crippen molar-refractivity contribution < 1.29 is 19.2 Å². The molecule has 1 unspecified atom stereocenters. The molecular formula is C11H13N3O4. The predicted molar refractivity (Wildman–Crippen MR) is 60.6 cm³/mol. The normalized spacial score (nSPS) is 24.8. The van der Waals surface area contributed by atoms with Gasteiger partial charge in [0.25, 0.3) is 11.8 Å². The minimum Gasteiger partial charge on any atom is -0.298 e. The van der Waals surface area contributed by atoms with Gasteiger partial charge in [-0.1, -0.05) is 0 Å². The van der Waals surface area contributed by atoms with Crippen molar-refractivity contribution in [1.82, 2.24) is 9.80 Å². The lowest BCUT2D eigenvalue weighted by Crippen LogP contribution is -2.73. The SMILES string of the molecule is CC(=O)C1(C(C)=O)C(=O)N2C1=NC(=O)C2N(C)C. The Bertz CT molecular complexity index is 506. The topological polar surface area (TPSA) is 87.1 Å². The third-order valence-electron chi connectivity index (χ3n) is 3.33. The number of hydrogen-bond acceptors (Lipinski definition) is 5. The lowest BCUT2D eigenvalue weighted by Gasteiger charge is -2.46. The van der Waals surface area contributed by atoms with E-state index in [9.17, 15) is 19.2 Å². The number of ketones is 2. The van der Waals surface area contributed by atoms with Gasteiger partial charge in [0.05, 0.1) is 0 Å². The second-order valence-corrected chi connectivity index (χ2v) is 4.65. The Kier molecular flexibility index (Phi) is 2.48. The molecule has 2 rings (SSSR count). The van der Waals surface area contributed by atoms with E-state index in [1.165, 1.54) is 4.90 Å². The van der Waals surface area contributed by atoms with E-state index in [0.717, 1.165) is 18.7 Å². The number of hydrogen-bond donors (Lipinski definition) is 0. The van der Waals surface area contributed by atoms with Gasteiger partial charge in [-0.05, 0) is 27.9 Å². The van der Waals surface area contributed by atoms with Gasteiger partial charge in [-0.25, -0.2) is 0 Å². The first-order chi connectivity index (χ1) is 8.26. The van der Waals surface area contributed by atoms with Gasteiger partial charge in [0.2, 0.25) is 5.41 Å². The molecule has 0 saturated carbocycles. The molecular weight excluding hydrogens is 238 g/mol. The fraction of sp³-hybridized carbons (Fsp3) is 0.545. The standard InChI is InChI=1S/C11H13N3O4/c1-5(15)11(6(2)16)9-12-7(17)8(13(3)4)14(9)10(11)18/h8H,1-4H3. The van der Waals surface area contributed by atoms with Crippen LogP contribution >= 0.6 is 0 Å². The maximum absolute atomic E-state index is 12.1. The molecule has 1 saturated heterocycles. The van der Waals surface area contributed by atoms with Crippen molar-refractivity contribution in [3.05, 3.63) is 0 Å². The summed E-state index contributed by atoms with van der Waals surface area (Å²) in [7, 11) is 3.24. The van der Waals surface area contributed by atoms with Crippen LogP contribution in [0.15, 0.2) is 4.99 Å². The second-order valence-electron chi connectivity index (χ2n) is 4.65. The van der Waals surface area contributed by atoms with Crippen LogP contribution in [-0.4, -0.2) is 59.3 Å². The van der Waals surface area contributed by atoms with Crippen molar-refractivity contribution in [2.24, 2.45) is 10.4 Å². The summed E-state index contributed by atoms with van der Waals surface area (Å²) in [4.78, 5) is 53.5. The van der Waals surface area contributed by atoms with Crippen molar-refractivity contribution in [3.63, 3.8) is 0 Å². The van der Waals surface area contributed by atoms with E-state index in [0.29, 0.717) is 0 Å². The summed E-state index contributed by atoms with van der Waals surface area (Å²) in [6.45, 7) is 2.32. The Morgan fingerprint density at radius 2 is 1.72 bits per heavy atom. The maximum Gasteiger partial charge on any atom is 0.285 e. The van der Waals surface area contributed by atoms with E-state index in [1.54, 1.807) is 14.1 Å². The summed E-state index contributed by atoms with van der Waals surface area (Å²) in [5, 5.41) is 0. The molecule has 7 heteroatoms. The number of carbonyl (C=O) groups is 4. The third-order valence-corrected chi connectivity index (χ3v) is 3.33. The minimum absolute atomic E-state index is 0.0313. The number of likely N-dealkylation sites (N-methyl/N-ethyl adjacent to an activating group) is 1. The van der Waals surface area contributed by atoms with Gasteiger partial charge in [0, 0.05) is 0 Å². The number of rotatable bonds is 3. The fourth-order valence-corrected chi connectivity index (χ4v) is 2.45. The summed E-state index contributed by atoms with van der Waals surface area (Å²) in [6, 6.07) is 0. The van der Waals surface area contributed by atoms with Gasteiger partial charge in [-0.3, -0.25) is 29.0 Å². The molecule has 0 aromatic rings. The van der Waals surface area contributed by atoms with Gasteiger partial charge in [0.15, 0.2) is 17.7 Å². The van der Waals surface area contributed by atoms with Crippen LogP contribution in [0, 0.1) is 5.41 Å². The molecule has 2 aliphatic rings. The Morgan fingerprint density at radius 3 is 2.11 bits per heavy atom. The van der Waals surface area contributed by atoms with Crippen molar-refractivity contribution in [3.8, 4) is 0 Å². The van der Waals surface area contributed by atoms with Crippen LogP contribution in [-0.2, 0) is 19.2 Å². The lowest BCUT2D eigenvalue weighted by atomic mass is 9.71. The number of β-lactam (4-membered cyclic amide) rings is 1. The number of aliphatic imine (C=N–C) groups is 1. The first-order valence-electron chi connectivity index (χ1n) is 5.41. The van der Waals surface area contributed by atoms with Crippen molar-refractivity contribution in [2.75, 3.05) is 14.1 Å². The van der Waals surface area contributed by atoms with Crippen LogP contribution in [0.2, 0.25) is 0 Å². The van der Waals surface area contributed by atoms with Gasteiger partial charge in [-0.15, -0.1) is 0 Å². The van der Waals surface area contributed by atoms with Crippen LogP contribution < -0.4 is 0 Å². The molecule has 2 amide bonds. The fourth-order valence-electron chi connectivity index (χ4n) is 2.45. The first-order valence-corrected chi connectivity index (χ1v) is 5.41. The molecule has 1 atom stereocenters. The summed E-state index contributed by atoms with van der Waals surface area (Å²) < 4.78 is 0. The van der Waals surface area contributed by atoms with Crippen molar-refractivity contribution in [2.45, 2.75) is 20.0 Å². The average molecular weight is 251 g/mol. The highest BCUT2D eigenvalue weighted by molar-refractivity contribution is 6.49. The molecule has 2 aliphatic heterocycles. The van der Waals surface area contributed by atoms with Crippen LogP contribution in [0.4, 0.5) is 0 Å². The molecule has 0 N–H and O–H groups in total. The van der Waals surface area contributed by atoms with Gasteiger partial charge < -0.3 is 0 Å². The monoisotopic (exact) mass is 251 g/mol. The summed E-state index contributed by atoms with van der Waals surface area (Å²) in [5.74, 6) is -2.42. The number of carbonyl (C=O) groups excluding carboxylic acids is 4. The quantitative estimate of drug-likeness (QED) is 0.465. The predicted octanol–water partition coefficient (Wildman–Crippen LogP) is -1.18. The molecule has 96 valence electrons. The molecule has 0 radical (unpaired) electrons. The molecule has 1 fully saturated rings. The highest BCUT2D eigenvalue weighted by atomic mass is 16.2. The number of amidine groups is 1. The van der Waals surface area contributed by atoms with E-state index >= 15 is 0 Å². The third kappa shape index (κ3) is 1.14. The summed E-state index contributed by atoms with van der Waals surface area (Å²) in [6.07, 6.45) is -0.848. The average Bonchev–Trinajstić information content (AvgIpc) is 2.52. The zero-order valence-electron chi connectivity index (χ0n) is 10.6. The lowest BCUT2D eigenvalue weighted by molar-refractivity contribution is -0.158. The second kappa shape index (κ2) is 3.55. The van der Waals surface area contributed by atoms with E-state index in [4.69, 9.17) is 0 Å². The summed E-state index contributed by atoms with van der Waals surface area (Å²) in [5.41, 5.74) is -1.86. The van der Waals surface area contributed by atoms with E-state index in [2.05, 4.69) is 4.99 Å². The van der Waals surface area contributed by atoms with Crippen molar-refractivity contribution in [1.29, 1.82) is 0 Å². The molecule has 0 spiro atoms. The molecule has 7 nitrogen and oxygen atoms in total. The maximum atomic E-state index is 12.1. The molecule has 0 aliphatic carbocycles. The first kappa shape index (κ1) is 12.6. The summed E-state index contributed by atoms with van der Waals surface area (Å²) >= 11 is 0. The number of fused-ring (bicyclic) bond motifs is 1. The van der Waals surface area contributed by atoms with Crippen LogP contribution in [0.1, 0.15) is 13.8 Å². The van der Waals surface area contributed by atoms with Crippen LogP contribution in [0.25, 0.3) is 0 Å². The number of nitrogens with zero attached hydrogens (tertiary/aromatic N) is 3. The van der Waals surface area contributed by atoms with Crippen LogP contribution in [0.3, 0.4) is 0 Å². The van der Waals surface area contributed by atoms with Crippen molar-refractivity contribution >= 4 is 29.2 Å². The Balaban J connectivity index is 2.52. The number of Topliss-reactive ketones (excluding diaryl/α,β-unsaturated/α-hetero) is 2. The molecule has 0 aromatic heterocycles. The van der Waals surface area contributed by atoms with E-state index < -0.39 is 35.0 Å². The van der Waals surface area contributed by atoms with Crippen LogP contribution in [0.5, 0.6) is 0 Å². The van der Waals surface area contributed by atoms with Gasteiger partial charge in [0.1, 0.15) is 5.84 Å². The Morgan fingerprint density at radius 1 is 1.22 bits per heavy atom. The smallest absolute Gasteiger partial charge is 0.285 e. The van der Waals surface area contributed by atoms with Gasteiger partial charge >= 0.3 is 0 Å². The van der Waals surface area contributed by atoms with E-state index in [-0.39, 0.29) is 5.84 Å². The molecule has 2 heterocycles. The Labute approximate surface area is 103 Å². The zero-order valence-corrected chi connectivity index (χ0v) is 10.6. The zero-order chi connectivity index (χ0) is 13.8.